The van der Waals surface area contributed by atoms with E-state index < -0.39 is 0 Å². The summed E-state index contributed by atoms with van der Waals surface area (Å²) in [4.78, 5) is 15.0. The van der Waals surface area contributed by atoms with Crippen LogP contribution in [0.15, 0.2) is 12.1 Å². The van der Waals surface area contributed by atoms with Gasteiger partial charge < -0.3 is 19.5 Å². The van der Waals surface area contributed by atoms with E-state index in [1.54, 1.807) is 0 Å². The Labute approximate surface area is 162 Å². The summed E-state index contributed by atoms with van der Waals surface area (Å²) < 4.78 is 17.2. The average Bonchev–Trinajstić information content (AvgIpc) is 3.03. The second-order valence-corrected chi connectivity index (χ2v) is 7.33. The summed E-state index contributed by atoms with van der Waals surface area (Å²) in [5, 5.41) is 3.08. The minimum absolute atomic E-state index is 0.0167. The Morgan fingerprint density at radius 1 is 1.37 bits per heavy atom. The van der Waals surface area contributed by atoms with E-state index in [9.17, 15) is 4.79 Å². The number of ether oxygens (including phenoxy) is 3. The Bertz CT molecular complexity index is 649. The Hall–Kier alpha value is -1.79. The summed E-state index contributed by atoms with van der Waals surface area (Å²) in [5.41, 5.74) is 2.13. The molecule has 0 aromatic heterocycles. The molecule has 6 heteroatoms. The first-order valence-corrected chi connectivity index (χ1v) is 10.2. The van der Waals surface area contributed by atoms with Crippen molar-refractivity contribution in [1.82, 2.24) is 10.2 Å². The molecule has 1 saturated heterocycles. The van der Waals surface area contributed by atoms with Crippen LogP contribution >= 0.6 is 0 Å². The van der Waals surface area contributed by atoms with Crippen LogP contribution in [-0.2, 0) is 22.5 Å². The van der Waals surface area contributed by atoms with E-state index in [1.165, 1.54) is 5.56 Å². The second-order valence-electron chi connectivity index (χ2n) is 7.33. The molecule has 0 radical (unpaired) electrons. The molecule has 1 N–H and O–H groups in total. The van der Waals surface area contributed by atoms with Crippen LogP contribution in [0, 0.1) is 0 Å². The number of morpholine rings is 1. The second kappa shape index (κ2) is 9.42. The zero-order valence-electron chi connectivity index (χ0n) is 16.8. The zero-order chi connectivity index (χ0) is 19.2. The highest BCUT2D eigenvalue weighted by atomic mass is 16.5. The van der Waals surface area contributed by atoms with Gasteiger partial charge in [-0.2, -0.15) is 0 Å². The van der Waals surface area contributed by atoms with Crippen molar-refractivity contribution in [2.24, 2.45) is 0 Å². The number of carbonyl (C=O) groups excluding carboxylic acids is 1. The highest BCUT2D eigenvalue weighted by Crippen LogP contribution is 2.35. The number of fused-ring (bicyclic) bond motifs is 1. The highest BCUT2D eigenvalue weighted by Gasteiger charge is 2.29. The molecule has 2 atom stereocenters. The number of amides is 1. The Morgan fingerprint density at radius 2 is 2.22 bits per heavy atom. The minimum atomic E-state index is -0.216. The Kier molecular flexibility index (Phi) is 6.96. The number of benzene rings is 1. The molecule has 0 bridgehead atoms. The summed E-state index contributed by atoms with van der Waals surface area (Å²) >= 11 is 0. The lowest BCUT2D eigenvalue weighted by Gasteiger charge is -2.34. The molecule has 3 rings (SSSR count). The quantitative estimate of drug-likeness (QED) is 0.755. The van der Waals surface area contributed by atoms with Gasteiger partial charge in [-0.05, 0) is 38.9 Å². The maximum absolute atomic E-state index is 12.8. The smallest absolute Gasteiger partial charge is 0.240 e. The lowest BCUT2D eigenvalue weighted by molar-refractivity contribution is -0.132. The van der Waals surface area contributed by atoms with Crippen molar-refractivity contribution in [2.45, 2.75) is 58.7 Å². The van der Waals surface area contributed by atoms with Crippen molar-refractivity contribution in [3.05, 3.63) is 23.3 Å². The van der Waals surface area contributed by atoms with Gasteiger partial charge in [0.15, 0.2) is 0 Å². The molecule has 27 heavy (non-hydrogen) atoms. The number of nitrogens with zero attached hydrogens (tertiary/aromatic N) is 1. The lowest BCUT2D eigenvalue weighted by Crippen LogP contribution is -2.53. The zero-order valence-corrected chi connectivity index (χ0v) is 16.8. The molecular formula is C21H32N2O4. The molecule has 2 aliphatic rings. The summed E-state index contributed by atoms with van der Waals surface area (Å²) in [6, 6.07) is 3.85. The molecule has 1 amide bonds. The van der Waals surface area contributed by atoms with Crippen molar-refractivity contribution >= 4 is 5.91 Å². The van der Waals surface area contributed by atoms with E-state index in [0.717, 1.165) is 49.4 Å². The SMILES string of the molecule is CCCCN1CCOC[C@H]1C(=O)NCc1cc2c(cc1OCC)C[C@@H](C)O2. The monoisotopic (exact) mass is 376 g/mol. The fraction of sp³-hybridized carbons (Fsp3) is 0.667. The van der Waals surface area contributed by atoms with Gasteiger partial charge in [-0.3, -0.25) is 9.69 Å². The molecule has 1 fully saturated rings. The fourth-order valence-corrected chi connectivity index (χ4v) is 3.72. The van der Waals surface area contributed by atoms with Crippen LogP contribution in [0.25, 0.3) is 0 Å². The molecule has 150 valence electrons. The molecule has 2 aliphatic heterocycles. The summed E-state index contributed by atoms with van der Waals surface area (Å²) in [5.74, 6) is 1.75. The number of unbranched alkanes of at least 4 members (excludes halogenated alkanes) is 1. The van der Waals surface area contributed by atoms with Crippen LogP contribution in [0.2, 0.25) is 0 Å². The number of hydrogen-bond acceptors (Lipinski definition) is 5. The highest BCUT2D eigenvalue weighted by molar-refractivity contribution is 5.82. The van der Waals surface area contributed by atoms with Crippen molar-refractivity contribution in [3.8, 4) is 11.5 Å². The van der Waals surface area contributed by atoms with Gasteiger partial charge >= 0.3 is 0 Å². The van der Waals surface area contributed by atoms with Crippen molar-refractivity contribution < 1.29 is 19.0 Å². The van der Waals surface area contributed by atoms with E-state index in [0.29, 0.717) is 26.4 Å². The molecule has 0 saturated carbocycles. The fourth-order valence-electron chi connectivity index (χ4n) is 3.72. The Balaban J connectivity index is 1.66. The molecule has 0 aliphatic carbocycles. The van der Waals surface area contributed by atoms with Crippen LogP contribution in [-0.4, -0.2) is 55.9 Å². The van der Waals surface area contributed by atoms with Gasteiger partial charge in [0.05, 0.1) is 19.8 Å². The van der Waals surface area contributed by atoms with Crippen LogP contribution in [0.5, 0.6) is 11.5 Å². The normalized spacial score (nSPS) is 22.2. The molecule has 0 spiro atoms. The number of hydrogen-bond donors (Lipinski definition) is 1. The standard InChI is InChI=1S/C21H32N2O4/c1-4-6-7-23-8-9-25-14-18(23)21(24)22-13-17-12-20-16(10-15(3)27-20)11-19(17)26-5-2/h11-12,15,18H,4-10,13-14H2,1-3H3,(H,22,24)/t15-,18+/m1/s1. The van der Waals surface area contributed by atoms with E-state index in [1.807, 2.05) is 13.0 Å². The maximum Gasteiger partial charge on any atom is 0.240 e. The van der Waals surface area contributed by atoms with Gasteiger partial charge in [-0.1, -0.05) is 13.3 Å². The topological polar surface area (TPSA) is 60.0 Å². The molecule has 0 unspecified atom stereocenters. The van der Waals surface area contributed by atoms with Gasteiger partial charge in [-0.25, -0.2) is 0 Å². The van der Waals surface area contributed by atoms with Crippen LogP contribution < -0.4 is 14.8 Å². The Morgan fingerprint density at radius 3 is 3.00 bits per heavy atom. The first-order chi connectivity index (χ1) is 13.1. The van der Waals surface area contributed by atoms with E-state index in [-0.39, 0.29) is 18.1 Å². The van der Waals surface area contributed by atoms with E-state index in [4.69, 9.17) is 14.2 Å². The third-order valence-corrected chi connectivity index (χ3v) is 5.17. The van der Waals surface area contributed by atoms with Crippen LogP contribution in [0.1, 0.15) is 44.7 Å². The summed E-state index contributed by atoms with van der Waals surface area (Å²) in [6.07, 6.45) is 3.30. The largest absolute Gasteiger partial charge is 0.494 e. The van der Waals surface area contributed by atoms with Gasteiger partial charge in [0, 0.05) is 30.6 Å². The van der Waals surface area contributed by atoms with Gasteiger partial charge in [0.25, 0.3) is 0 Å². The maximum atomic E-state index is 12.8. The minimum Gasteiger partial charge on any atom is -0.494 e. The molecular weight excluding hydrogens is 344 g/mol. The molecule has 1 aromatic rings. The third-order valence-electron chi connectivity index (χ3n) is 5.17. The predicted molar refractivity (Wildman–Crippen MR) is 104 cm³/mol. The van der Waals surface area contributed by atoms with Gasteiger partial charge in [-0.15, -0.1) is 0 Å². The van der Waals surface area contributed by atoms with Crippen molar-refractivity contribution in [1.29, 1.82) is 0 Å². The lowest BCUT2D eigenvalue weighted by atomic mass is 10.1. The average molecular weight is 376 g/mol. The predicted octanol–water partition coefficient (Wildman–Crippen LogP) is 2.53. The summed E-state index contributed by atoms with van der Waals surface area (Å²) in [6.45, 7) is 10.1. The molecule has 6 nitrogen and oxygen atoms in total. The van der Waals surface area contributed by atoms with Gasteiger partial charge in [0.1, 0.15) is 23.6 Å². The first-order valence-electron chi connectivity index (χ1n) is 10.2. The molecule has 1 aromatic carbocycles. The van der Waals surface area contributed by atoms with E-state index in [2.05, 4.69) is 30.1 Å². The number of carbonyl (C=O) groups is 1. The van der Waals surface area contributed by atoms with Crippen LogP contribution in [0.4, 0.5) is 0 Å². The van der Waals surface area contributed by atoms with Crippen LogP contribution in [0.3, 0.4) is 0 Å². The number of nitrogens with one attached hydrogen (secondary N) is 1. The van der Waals surface area contributed by atoms with Crippen molar-refractivity contribution in [2.75, 3.05) is 32.9 Å². The third kappa shape index (κ3) is 4.93. The van der Waals surface area contributed by atoms with E-state index >= 15 is 0 Å². The van der Waals surface area contributed by atoms with Crippen molar-refractivity contribution in [3.63, 3.8) is 0 Å². The summed E-state index contributed by atoms with van der Waals surface area (Å²) in [7, 11) is 0. The first kappa shape index (κ1) is 20.0. The molecule has 2 heterocycles. The number of rotatable bonds is 8. The van der Waals surface area contributed by atoms with Gasteiger partial charge in [0.2, 0.25) is 5.91 Å².